The molecular weight excluding hydrogens is 768 g/mol. The van der Waals surface area contributed by atoms with Crippen LogP contribution in [0.2, 0.25) is 0 Å². The lowest BCUT2D eigenvalue weighted by Crippen LogP contribution is -2.10. The van der Waals surface area contributed by atoms with Crippen LogP contribution < -0.4 is 0 Å². The lowest BCUT2D eigenvalue weighted by molar-refractivity contribution is -0.138. The van der Waals surface area contributed by atoms with Crippen molar-refractivity contribution in [1.29, 1.82) is 0 Å². The quantitative estimate of drug-likeness (QED) is 0.104. The molecular formula is C34H10F16N4. The maximum atomic E-state index is 15.2. The van der Waals surface area contributed by atoms with Gasteiger partial charge in [-0.25, -0.2) is 53.9 Å². The summed E-state index contributed by atoms with van der Waals surface area (Å²) in [5.74, 6) is -25.4. The van der Waals surface area contributed by atoms with Crippen LogP contribution in [-0.2, 0) is 12.4 Å². The van der Waals surface area contributed by atoms with Gasteiger partial charge in [-0.3, -0.25) is 0 Å². The molecule has 3 aromatic heterocycles. The van der Waals surface area contributed by atoms with Crippen molar-refractivity contribution in [1.82, 2.24) is 19.9 Å². The maximum absolute atomic E-state index is 15.2. The van der Waals surface area contributed by atoms with E-state index >= 15 is 17.6 Å². The topological polar surface area (TPSA) is 57.4 Å². The Bertz CT molecular complexity index is 2470. The molecule has 0 aliphatic carbocycles. The number of fused-ring (bicyclic) bond motifs is 8. The van der Waals surface area contributed by atoms with E-state index in [1.807, 2.05) is 0 Å². The summed E-state index contributed by atoms with van der Waals surface area (Å²) >= 11 is 0. The molecule has 4 nitrogen and oxygen atoms in total. The summed E-state index contributed by atoms with van der Waals surface area (Å²) in [7, 11) is 0. The summed E-state index contributed by atoms with van der Waals surface area (Å²) in [5, 5.41) is 0. The Morgan fingerprint density at radius 3 is 0.926 bits per heavy atom. The third-order valence-corrected chi connectivity index (χ3v) is 8.24. The Labute approximate surface area is 287 Å². The number of nitrogens with zero attached hydrogens (tertiary/aromatic N) is 2. The van der Waals surface area contributed by atoms with Crippen molar-refractivity contribution in [3.63, 3.8) is 0 Å². The minimum absolute atomic E-state index is 0.541. The molecule has 7 rings (SSSR count). The summed E-state index contributed by atoms with van der Waals surface area (Å²) < 4.78 is 235. The largest absolute Gasteiger partial charge is 0.420 e. The van der Waals surface area contributed by atoms with Gasteiger partial charge in [0.05, 0.1) is 44.9 Å². The normalized spacial score (nSPS) is 13.0. The monoisotopic (exact) mass is 778 g/mol. The molecule has 2 N–H and O–H groups in total. The first kappa shape index (κ1) is 36.3. The number of aromatic nitrogens is 4. The van der Waals surface area contributed by atoms with Gasteiger partial charge in [-0.1, -0.05) is 0 Å². The number of hydrogen-bond donors (Lipinski definition) is 2. The molecule has 0 saturated heterocycles. The standard InChI is InChI=1S/C34H10F16N4/c35-23-19(24(36)28(40)31(43)27(23)39)17-9-1-5-13(51-9)21(33(45,46)47)14-7-3-11(53-14)18(20-25(37)29(41)32(44)30(42)26(20)38)12-4-8-16(54-12)22(34(48,49)50)15-6-2-10(17)52-15/h1-8,51,53H. The zero-order valence-corrected chi connectivity index (χ0v) is 25.6. The number of alkyl halides is 6. The predicted molar refractivity (Wildman–Crippen MR) is 159 cm³/mol. The number of nitrogens with one attached hydrogen (secondary N) is 2. The van der Waals surface area contributed by atoms with Gasteiger partial charge in [-0.05, 0) is 48.6 Å². The molecule has 2 aliphatic heterocycles. The summed E-state index contributed by atoms with van der Waals surface area (Å²) in [5.41, 5.74) is -17.5. The minimum atomic E-state index is -5.48. The molecule has 5 heterocycles. The van der Waals surface area contributed by atoms with Crippen molar-refractivity contribution in [2.45, 2.75) is 12.4 Å². The van der Waals surface area contributed by atoms with E-state index in [1.165, 1.54) is 0 Å². The fourth-order valence-electron chi connectivity index (χ4n) is 5.98. The van der Waals surface area contributed by atoms with Crippen LogP contribution in [0, 0.1) is 58.2 Å². The molecule has 0 atom stereocenters. The van der Waals surface area contributed by atoms with Crippen LogP contribution in [-0.4, -0.2) is 19.9 Å². The summed E-state index contributed by atoms with van der Waals surface area (Å²) in [4.78, 5) is 11.5. The lowest BCUT2D eigenvalue weighted by Gasteiger charge is -2.11. The number of H-pyrrole nitrogens is 2. The molecule has 5 aromatic rings. The number of rotatable bonds is 2. The number of aromatic amines is 2. The average Bonchev–Trinajstić information content (AvgIpc) is 3.93. The predicted octanol–water partition coefficient (Wildman–Crippen LogP) is 11.4. The molecule has 0 amide bonds. The van der Waals surface area contributed by atoms with Crippen molar-refractivity contribution >= 4 is 46.4 Å². The second-order valence-electron chi connectivity index (χ2n) is 11.4. The van der Waals surface area contributed by atoms with Crippen LogP contribution >= 0.6 is 0 Å². The van der Waals surface area contributed by atoms with Crippen LogP contribution in [0.25, 0.3) is 68.6 Å². The third-order valence-electron chi connectivity index (χ3n) is 8.24. The van der Waals surface area contributed by atoms with E-state index < -0.39 is 149 Å². The first-order valence-electron chi connectivity index (χ1n) is 14.6. The third kappa shape index (κ3) is 5.49. The fraction of sp³-hybridized carbons (Fsp3) is 0.0588. The highest BCUT2D eigenvalue weighted by Gasteiger charge is 2.39. The molecule has 0 fully saturated rings. The van der Waals surface area contributed by atoms with Crippen LogP contribution in [0.15, 0.2) is 24.3 Å². The van der Waals surface area contributed by atoms with Gasteiger partial charge >= 0.3 is 12.4 Å². The highest BCUT2D eigenvalue weighted by atomic mass is 19.4. The van der Waals surface area contributed by atoms with Crippen molar-refractivity contribution in [2.75, 3.05) is 0 Å². The molecule has 8 bridgehead atoms. The van der Waals surface area contributed by atoms with Gasteiger partial charge < -0.3 is 9.97 Å². The SMILES string of the molecule is Fc1c(F)c(F)c(-c2c3nc(c(C(F)(F)F)c4nc(c(-c5c(F)c(F)c(F)c(F)c5F)c5ccc([nH]5)c(C(F)(F)F)c5ccc2[nH]5)C=C4)C=C3)c(F)c1F. The van der Waals surface area contributed by atoms with Gasteiger partial charge in [0.2, 0.25) is 11.6 Å². The van der Waals surface area contributed by atoms with E-state index in [9.17, 15) is 52.7 Å². The molecule has 54 heavy (non-hydrogen) atoms. The summed E-state index contributed by atoms with van der Waals surface area (Å²) in [6.45, 7) is 0. The molecule has 278 valence electrons. The van der Waals surface area contributed by atoms with Crippen molar-refractivity contribution in [3.8, 4) is 22.3 Å². The number of halogens is 16. The number of benzene rings is 2. The molecule has 2 aromatic carbocycles. The zero-order valence-electron chi connectivity index (χ0n) is 25.6. The highest BCUT2D eigenvalue weighted by molar-refractivity contribution is 5.95. The van der Waals surface area contributed by atoms with Crippen LogP contribution in [0.4, 0.5) is 70.2 Å². The maximum Gasteiger partial charge on any atom is 0.420 e. The first-order chi connectivity index (χ1) is 25.2. The second kappa shape index (κ2) is 12.2. The van der Waals surface area contributed by atoms with Gasteiger partial charge in [0.25, 0.3) is 0 Å². The fourth-order valence-corrected chi connectivity index (χ4v) is 5.98. The summed E-state index contributed by atoms with van der Waals surface area (Å²) in [6, 6.07) is 2.49. The van der Waals surface area contributed by atoms with Crippen LogP contribution in [0.3, 0.4) is 0 Å². The average molecular weight is 778 g/mol. The smallest absolute Gasteiger partial charge is 0.354 e. The van der Waals surface area contributed by atoms with Crippen LogP contribution in [0.1, 0.15) is 33.9 Å². The Balaban J connectivity index is 1.76. The van der Waals surface area contributed by atoms with E-state index in [1.54, 1.807) is 0 Å². The van der Waals surface area contributed by atoms with Crippen molar-refractivity contribution in [3.05, 3.63) is 116 Å². The molecule has 0 spiro atoms. The molecule has 0 unspecified atom stereocenters. The van der Waals surface area contributed by atoms with E-state index in [0.717, 1.165) is 0 Å². The van der Waals surface area contributed by atoms with E-state index in [-0.39, 0.29) is 0 Å². The second-order valence-corrected chi connectivity index (χ2v) is 11.4. The minimum Gasteiger partial charge on any atom is -0.354 e. The van der Waals surface area contributed by atoms with E-state index in [4.69, 9.17) is 0 Å². The van der Waals surface area contributed by atoms with Gasteiger partial charge in [-0.2, -0.15) is 26.3 Å². The van der Waals surface area contributed by atoms with E-state index in [2.05, 4.69) is 19.9 Å². The number of hydrogen-bond acceptors (Lipinski definition) is 2. The molecule has 2 aliphatic rings. The van der Waals surface area contributed by atoms with Crippen LogP contribution in [0.5, 0.6) is 0 Å². The summed E-state index contributed by atoms with van der Waals surface area (Å²) in [6.07, 6.45) is -8.62. The zero-order chi connectivity index (χ0) is 39.3. The Kier molecular flexibility index (Phi) is 8.22. The Hall–Kier alpha value is -6.08. The highest BCUT2D eigenvalue weighted by Crippen LogP contribution is 2.43. The molecule has 20 heteroatoms. The van der Waals surface area contributed by atoms with E-state index in [0.29, 0.717) is 48.6 Å². The lowest BCUT2D eigenvalue weighted by atomic mass is 10.0. The Morgan fingerprint density at radius 1 is 0.333 bits per heavy atom. The Morgan fingerprint density at radius 2 is 0.611 bits per heavy atom. The van der Waals surface area contributed by atoms with Gasteiger partial charge in [-0.15, -0.1) is 0 Å². The van der Waals surface area contributed by atoms with Crippen molar-refractivity contribution in [2.24, 2.45) is 0 Å². The first-order valence-corrected chi connectivity index (χ1v) is 14.6. The van der Waals surface area contributed by atoms with Crippen molar-refractivity contribution < 1.29 is 70.2 Å². The molecule has 0 radical (unpaired) electrons. The van der Waals surface area contributed by atoms with Gasteiger partial charge in [0.15, 0.2) is 46.5 Å². The van der Waals surface area contributed by atoms with Gasteiger partial charge in [0, 0.05) is 22.2 Å². The molecule has 0 saturated carbocycles. The van der Waals surface area contributed by atoms with Gasteiger partial charge in [0.1, 0.15) is 11.1 Å².